The van der Waals surface area contributed by atoms with Crippen LogP contribution in [0, 0.1) is 5.92 Å². The molecular weight excluding hydrogens is 352 g/mol. The number of ether oxygens (including phenoxy) is 1. The van der Waals surface area contributed by atoms with E-state index in [4.69, 9.17) is 14.4 Å². The van der Waals surface area contributed by atoms with Crippen LogP contribution < -0.4 is 0 Å². The Kier molecular flexibility index (Phi) is 4.26. The predicted octanol–water partition coefficient (Wildman–Crippen LogP) is 4.51. The van der Waals surface area contributed by atoms with Crippen molar-refractivity contribution in [1.29, 1.82) is 0 Å². The molecule has 0 bridgehead atoms. The molecule has 0 fully saturated rings. The number of hydrogen-bond donors (Lipinski definition) is 0. The van der Waals surface area contributed by atoms with Gasteiger partial charge in [0.2, 0.25) is 0 Å². The molecule has 5 nitrogen and oxygen atoms in total. The van der Waals surface area contributed by atoms with Gasteiger partial charge in [0.05, 0.1) is 0 Å². The summed E-state index contributed by atoms with van der Waals surface area (Å²) in [6.07, 6.45) is -0.936. The lowest BCUT2D eigenvalue weighted by molar-refractivity contribution is -0.0994. The number of benzene rings is 3. The molecule has 3 atom stereocenters. The molecule has 0 radical (unpaired) electrons. The molecule has 2 heterocycles. The number of oxime groups is 2. The lowest BCUT2D eigenvalue weighted by Gasteiger charge is -2.23. The minimum absolute atomic E-state index is 0.255. The highest BCUT2D eigenvalue weighted by Gasteiger charge is 2.46. The Morgan fingerprint density at radius 2 is 1.21 bits per heavy atom. The molecule has 3 unspecified atom stereocenters. The van der Waals surface area contributed by atoms with Crippen molar-refractivity contribution in [2.45, 2.75) is 12.4 Å². The van der Waals surface area contributed by atoms with Crippen molar-refractivity contribution in [2.24, 2.45) is 16.2 Å². The molecule has 0 saturated heterocycles. The van der Waals surface area contributed by atoms with Crippen LogP contribution >= 0.6 is 0 Å². The second kappa shape index (κ2) is 7.19. The maximum atomic E-state index is 6.10. The van der Waals surface area contributed by atoms with E-state index >= 15 is 0 Å². The highest BCUT2D eigenvalue weighted by molar-refractivity contribution is 6.04. The van der Waals surface area contributed by atoms with Crippen molar-refractivity contribution in [3.8, 4) is 0 Å². The molecule has 2 aliphatic heterocycles. The van der Waals surface area contributed by atoms with Crippen LogP contribution in [0.5, 0.6) is 0 Å². The molecule has 5 rings (SSSR count). The van der Waals surface area contributed by atoms with Crippen LogP contribution in [0.1, 0.15) is 22.8 Å². The second-order valence-corrected chi connectivity index (χ2v) is 6.66. The van der Waals surface area contributed by atoms with Crippen molar-refractivity contribution in [3.05, 3.63) is 108 Å². The van der Waals surface area contributed by atoms with E-state index in [1.165, 1.54) is 0 Å². The Balaban J connectivity index is 1.47. The Morgan fingerprint density at radius 1 is 0.607 bits per heavy atom. The molecule has 28 heavy (non-hydrogen) atoms. The minimum Gasteiger partial charge on any atom is -0.432 e. The molecule has 0 aromatic heterocycles. The number of rotatable bonds is 4. The van der Waals surface area contributed by atoms with Gasteiger partial charge >= 0.3 is 0 Å². The SMILES string of the molecule is c1ccc(C2=NOC(C3C(c4ccccc4)=NOC3c3ccccc3)O2)cc1. The molecule has 0 saturated carbocycles. The van der Waals surface area contributed by atoms with Crippen LogP contribution in [0.2, 0.25) is 0 Å². The van der Waals surface area contributed by atoms with Crippen LogP contribution in [0.15, 0.2) is 101 Å². The lowest BCUT2D eigenvalue weighted by Crippen LogP contribution is -2.33. The van der Waals surface area contributed by atoms with Gasteiger partial charge in [-0.3, -0.25) is 0 Å². The zero-order chi connectivity index (χ0) is 18.8. The van der Waals surface area contributed by atoms with Gasteiger partial charge in [-0.2, -0.15) is 0 Å². The highest BCUT2D eigenvalue weighted by Crippen LogP contribution is 2.40. The first-order chi connectivity index (χ1) is 13.9. The maximum Gasteiger partial charge on any atom is 0.280 e. The summed E-state index contributed by atoms with van der Waals surface area (Å²) in [5, 5.41) is 8.57. The fourth-order valence-corrected chi connectivity index (χ4v) is 3.51. The van der Waals surface area contributed by atoms with Crippen molar-refractivity contribution in [3.63, 3.8) is 0 Å². The Hall–Kier alpha value is -3.60. The predicted molar refractivity (Wildman–Crippen MR) is 106 cm³/mol. The quantitative estimate of drug-likeness (QED) is 0.679. The van der Waals surface area contributed by atoms with E-state index in [9.17, 15) is 0 Å². The topological polar surface area (TPSA) is 52.4 Å². The zero-order valence-electron chi connectivity index (χ0n) is 15.0. The van der Waals surface area contributed by atoms with Gasteiger partial charge in [-0.15, -0.1) is 0 Å². The molecule has 3 aromatic rings. The molecule has 138 valence electrons. The van der Waals surface area contributed by atoms with Crippen molar-refractivity contribution in [2.75, 3.05) is 0 Å². The third kappa shape index (κ3) is 3.01. The molecular formula is C23H18N2O3. The standard InChI is InChI=1S/C23H18N2O3/c1-4-10-16(11-5-1)20-19(21(27-24-20)17-12-6-2-7-13-17)23-26-22(25-28-23)18-14-8-3-9-15-18/h1-15,19,21,23H. The summed E-state index contributed by atoms with van der Waals surface area (Å²) in [5.74, 6) is 0.214. The van der Waals surface area contributed by atoms with Crippen LogP contribution in [-0.4, -0.2) is 17.9 Å². The van der Waals surface area contributed by atoms with Crippen LogP contribution in [0.4, 0.5) is 0 Å². The van der Waals surface area contributed by atoms with E-state index in [-0.39, 0.29) is 12.0 Å². The smallest absolute Gasteiger partial charge is 0.280 e. The van der Waals surface area contributed by atoms with Gasteiger partial charge in [-0.05, 0) is 22.9 Å². The van der Waals surface area contributed by atoms with Crippen LogP contribution in [0.3, 0.4) is 0 Å². The van der Waals surface area contributed by atoms with Crippen LogP contribution in [0.25, 0.3) is 0 Å². The van der Waals surface area contributed by atoms with Gasteiger partial charge in [0, 0.05) is 11.1 Å². The van der Waals surface area contributed by atoms with Gasteiger partial charge in [-0.1, -0.05) is 84.0 Å². The minimum atomic E-state index is -0.623. The van der Waals surface area contributed by atoms with Crippen molar-refractivity contribution in [1.82, 2.24) is 0 Å². The summed E-state index contributed by atoms with van der Waals surface area (Å²) in [4.78, 5) is 11.6. The molecule has 0 amide bonds. The maximum absolute atomic E-state index is 6.10. The first-order valence-electron chi connectivity index (χ1n) is 9.20. The average Bonchev–Trinajstić information content (AvgIpc) is 3.43. The molecule has 0 N–H and O–H groups in total. The van der Waals surface area contributed by atoms with Crippen LogP contribution in [-0.2, 0) is 14.4 Å². The Bertz CT molecular complexity index is 1000. The monoisotopic (exact) mass is 370 g/mol. The van der Waals surface area contributed by atoms with Gasteiger partial charge in [0.1, 0.15) is 11.6 Å². The number of nitrogens with zero attached hydrogens (tertiary/aromatic N) is 2. The first-order valence-corrected chi connectivity index (χ1v) is 9.20. The summed E-state index contributed by atoms with van der Waals surface area (Å²) in [5.41, 5.74) is 3.66. The molecule has 2 aliphatic rings. The first kappa shape index (κ1) is 16.6. The molecule has 5 heteroatoms. The third-order valence-corrected chi connectivity index (χ3v) is 4.89. The second-order valence-electron chi connectivity index (χ2n) is 6.66. The summed E-state index contributed by atoms with van der Waals surface area (Å²) in [6.45, 7) is 0. The summed E-state index contributed by atoms with van der Waals surface area (Å²) < 4.78 is 6.10. The van der Waals surface area contributed by atoms with Gasteiger partial charge in [0.15, 0.2) is 6.10 Å². The van der Waals surface area contributed by atoms with E-state index in [0.29, 0.717) is 5.90 Å². The summed E-state index contributed by atoms with van der Waals surface area (Å²) in [6, 6.07) is 29.7. The van der Waals surface area contributed by atoms with E-state index in [1.807, 2.05) is 91.0 Å². The highest BCUT2D eigenvalue weighted by atomic mass is 16.8. The van der Waals surface area contributed by atoms with Gasteiger partial charge < -0.3 is 14.4 Å². The summed E-state index contributed by atoms with van der Waals surface area (Å²) in [7, 11) is 0. The fourth-order valence-electron chi connectivity index (χ4n) is 3.51. The summed E-state index contributed by atoms with van der Waals surface area (Å²) >= 11 is 0. The lowest BCUT2D eigenvalue weighted by atomic mass is 9.88. The normalized spacial score (nSPS) is 23.2. The largest absolute Gasteiger partial charge is 0.432 e. The average molecular weight is 370 g/mol. The van der Waals surface area contributed by atoms with E-state index in [0.717, 1.165) is 22.4 Å². The third-order valence-electron chi connectivity index (χ3n) is 4.89. The number of hydrogen-bond acceptors (Lipinski definition) is 5. The fraction of sp³-hybridized carbons (Fsp3) is 0.130. The van der Waals surface area contributed by atoms with Crippen molar-refractivity contribution < 1.29 is 14.4 Å². The molecule has 0 spiro atoms. The Labute approximate surface area is 162 Å². The Morgan fingerprint density at radius 3 is 1.89 bits per heavy atom. The zero-order valence-corrected chi connectivity index (χ0v) is 15.0. The molecule has 0 aliphatic carbocycles. The van der Waals surface area contributed by atoms with Gasteiger partial charge in [0.25, 0.3) is 12.2 Å². The van der Waals surface area contributed by atoms with Gasteiger partial charge in [-0.25, -0.2) is 0 Å². The van der Waals surface area contributed by atoms with E-state index in [2.05, 4.69) is 10.3 Å². The van der Waals surface area contributed by atoms with E-state index in [1.54, 1.807) is 0 Å². The van der Waals surface area contributed by atoms with Crippen molar-refractivity contribution >= 4 is 11.6 Å². The molecule has 3 aromatic carbocycles. The van der Waals surface area contributed by atoms with E-state index < -0.39 is 6.29 Å².